The lowest BCUT2D eigenvalue weighted by atomic mass is 10.0. The van der Waals surface area contributed by atoms with E-state index in [0.29, 0.717) is 42.2 Å². The maximum Gasteiger partial charge on any atom is 0.419 e. The number of rotatable bonds is 10. The van der Waals surface area contributed by atoms with Crippen molar-refractivity contribution in [2.24, 2.45) is 0 Å². The molecule has 0 N–H and O–H groups in total. The van der Waals surface area contributed by atoms with Crippen molar-refractivity contribution in [3.8, 4) is 28.3 Å². The molecule has 0 spiro atoms. The minimum absolute atomic E-state index is 0.244. The standard InChI is InChI=1S/C28H26FNO5/c1-2-33-25(31)19-34-23-15-16-24(29)22(18-23)14-9-17-30-26(20-10-5-3-6-11-20)27(35-28(30)32)21-12-7-4-8-13-21/h3-8,10-13,15-16,18H,2,9,14,17,19H2,1H3. The lowest BCUT2D eigenvalue weighted by Crippen LogP contribution is -2.16. The summed E-state index contributed by atoms with van der Waals surface area (Å²) in [7, 11) is 0. The largest absolute Gasteiger partial charge is 0.482 e. The van der Waals surface area contributed by atoms with Crippen LogP contribution in [-0.2, 0) is 22.5 Å². The molecule has 1 heterocycles. The van der Waals surface area contributed by atoms with E-state index in [1.54, 1.807) is 17.6 Å². The van der Waals surface area contributed by atoms with Crippen molar-refractivity contribution in [2.75, 3.05) is 13.2 Å². The van der Waals surface area contributed by atoms with Crippen molar-refractivity contribution in [1.82, 2.24) is 4.57 Å². The Morgan fingerprint density at radius 3 is 2.34 bits per heavy atom. The van der Waals surface area contributed by atoms with Gasteiger partial charge in [0.05, 0.1) is 12.3 Å². The molecule has 35 heavy (non-hydrogen) atoms. The van der Waals surface area contributed by atoms with Crippen molar-refractivity contribution >= 4 is 5.97 Å². The van der Waals surface area contributed by atoms with E-state index in [0.717, 1.165) is 11.1 Å². The molecule has 4 rings (SSSR count). The third-order valence-electron chi connectivity index (χ3n) is 5.48. The Hall–Kier alpha value is -4.13. The maximum absolute atomic E-state index is 14.4. The van der Waals surface area contributed by atoms with Gasteiger partial charge in [-0.15, -0.1) is 0 Å². The highest BCUT2D eigenvalue weighted by Gasteiger charge is 2.20. The summed E-state index contributed by atoms with van der Waals surface area (Å²) < 4.78 is 32.0. The average molecular weight is 476 g/mol. The Morgan fingerprint density at radius 2 is 1.66 bits per heavy atom. The number of benzene rings is 3. The van der Waals surface area contributed by atoms with E-state index in [1.807, 2.05) is 60.7 Å². The highest BCUT2D eigenvalue weighted by atomic mass is 19.1. The third-order valence-corrected chi connectivity index (χ3v) is 5.48. The Kier molecular flexibility index (Phi) is 7.77. The Labute approximate surface area is 202 Å². The summed E-state index contributed by atoms with van der Waals surface area (Å²) in [5.74, 6) is -0.440. The summed E-state index contributed by atoms with van der Waals surface area (Å²) in [6, 6.07) is 23.4. The third kappa shape index (κ3) is 5.87. The van der Waals surface area contributed by atoms with Crippen LogP contribution in [0.1, 0.15) is 18.9 Å². The summed E-state index contributed by atoms with van der Waals surface area (Å²) in [6.07, 6.45) is 0.862. The summed E-state index contributed by atoms with van der Waals surface area (Å²) in [4.78, 5) is 24.4. The van der Waals surface area contributed by atoms with E-state index in [1.165, 1.54) is 12.1 Å². The highest BCUT2D eigenvalue weighted by Crippen LogP contribution is 2.31. The van der Waals surface area contributed by atoms with Gasteiger partial charge in [0, 0.05) is 17.7 Å². The normalized spacial score (nSPS) is 10.8. The molecule has 4 aromatic rings. The van der Waals surface area contributed by atoms with Crippen LogP contribution in [0.15, 0.2) is 88.1 Å². The number of halogens is 1. The minimum atomic E-state index is -0.486. The zero-order valence-electron chi connectivity index (χ0n) is 19.4. The van der Waals surface area contributed by atoms with Gasteiger partial charge in [0.2, 0.25) is 0 Å². The zero-order valence-corrected chi connectivity index (χ0v) is 19.4. The molecule has 7 heteroatoms. The number of hydrogen-bond acceptors (Lipinski definition) is 5. The molecule has 1 aromatic heterocycles. The molecule has 0 unspecified atom stereocenters. The van der Waals surface area contributed by atoms with Crippen LogP contribution >= 0.6 is 0 Å². The fraction of sp³-hybridized carbons (Fsp3) is 0.214. The van der Waals surface area contributed by atoms with Crippen molar-refractivity contribution in [3.63, 3.8) is 0 Å². The lowest BCUT2D eigenvalue weighted by molar-refractivity contribution is -0.145. The fourth-order valence-corrected chi connectivity index (χ4v) is 3.88. The van der Waals surface area contributed by atoms with E-state index in [2.05, 4.69) is 0 Å². The van der Waals surface area contributed by atoms with Gasteiger partial charge >= 0.3 is 11.7 Å². The van der Waals surface area contributed by atoms with E-state index >= 15 is 0 Å². The van der Waals surface area contributed by atoms with Crippen LogP contribution in [0.25, 0.3) is 22.6 Å². The Morgan fingerprint density at radius 1 is 0.971 bits per heavy atom. The number of hydrogen-bond donors (Lipinski definition) is 0. The molecule has 0 radical (unpaired) electrons. The molecule has 3 aromatic carbocycles. The van der Waals surface area contributed by atoms with Crippen molar-refractivity contribution < 1.29 is 23.1 Å². The fourth-order valence-electron chi connectivity index (χ4n) is 3.88. The zero-order chi connectivity index (χ0) is 24.6. The number of aryl methyl sites for hydroxylation is 1. The van der Waals surface area contributed by atoms with Gasteiger partial charge in [-0.2, -0.15) is 0 Å². The second kappa shape index (κ2) is 11.3. The minimum Gasteiger partial charge on any atom is -0.482 e. The van der Waals surface area contributed by atoms with Gasteiger partial charge in [0.25, 0.3) is 0 Å². The van der Waals surface area contributed by atoms with Gasteiger partial charge in [-0.05, 0) is 43.5 Å². The second-order valence-corrected chi connectivity index (χ2v) is 7.88. The molecule has 0 aliphatic rings. The van der Waals surface area contributed by atoms with Crippen LogP contribution in [0.5, 0.6) is 5.75 Å². The number of oxazole rings is 1. The maximum atomic E-state index is 14.4. The van der Waals surface area contributed by atoms with Crippen molar-refractivity contribution in [3.05, 3.63) is 101 Å². The van der Waals surface area contributed by atoms with E-state index in [9.17, 15) is 14.0 Å². The highest BCUT2D eigenvalue weighted by molar-refractivity contribution is 5.77. The van der Waals surface area contributed by atoms with Gasteiger partial charge in [-0.3, -0.25) is 4.57 Å². The van der Waals surface area contributed by atoms with Gasteiger partial charge in [0.1, 0.15) is 11.6 Å². The van der Waals surface area contributed by atoms with Crippen molar-refractivity contribution in [1.29, 1.82) is 0 Å². The van der Waals surface area contributed by atoms with E-state index in [-0.39, 0.29) is 19.0 Å². The molecule has 0 bridgehead atoms. The molecule has 0 atom stereocenters. The molecular weight excluding hydrogens is 449 g/mol. The van der Waals surface area contributed by atoms with E-state index in [4.69, 9.17) is 13.9 Å². The topological polar surface area (TPSA) is 70.7 Å². The number of carbonyl (C=O) groups excluding carboxylic acids is 1. The molecule has 0 amide bonds. The van der Waals surface area contributed by atoms with Crippen LogP contribution in [0, 0.1) is 5.82 Å². The number of aromatic nitrogens is 1. The Bertz CT molecular complexity index is 1330. The molecule has 0 aliphatic carbocycles. The van der Waals surface area contributed by atoms with Crippen LogP contribution < -0.4 is 10.5 Å². The van der Waals surface area contributed by atoms with E-state index < -0.39 is 11.7 Å². The number of carbonyl (C=O) groups is 1. The van der Waals surface area contributed by atoms with Gasteiger partial charge in [-0.25, -0.2) is 14.0 Å². The summed E-state index contributed by atoms with van der Waals surface area (Å²) in [6.45, 7) is 2.07. The first-order chi connectivity index (χ1) is 17.1. The molecular formula is C28H26FNO5. The first kappa shape index (κ1) is 24.0. The Balaban J connectivity index is 1.54. The summed E-state index contributed by atoms with van der Waals surface area (Å²) in [5, 5.41) is 0. The molecule has 0 saturated heterocycles. The predicted molar refractivity (Wildman–Crippen MR) is 131 cm³/mol. The van der Waals surface area contributed by atoms with Crippen LogP contribution in [0.4, 0.5) is 4.39 Å². The number of ether oxygens (including phenoxy) is 2. The predicted octanol–water partition coefficient (Wildman–Crippen LogP) is 5.49. The summed E-state index contributed by atoms with van der Waals surface area (Å²) in [5.41, 5.74) is 2.79. The molecule has 0 aliphatic heterocycles. The second-order valence-electron chi connectivity index (χ2n) is 7.88. The number of esters is 1. The van der Waals surface area contributed by atoms with Crippen LogP contribution in [0.2, 0.25) is 0 Å². The molecule has 0 fully saturated rings. The quantitative estimate of drug-likeness (QED) is 0.284. The average Bonchev–Trinajstić information content (AvgIpc) is 3.21. The van der Waals surface area contributed by atoms with Gasteiger partial charge in [0.15, 0.2) is 12.4 Å². The van der Waals surface area contributed by atoms with Gasteiger partial charge < -0.3 is 13.9 Å². The monoisotopic (exact) mass is 475 g/mol. The SMILES string of the molecule is CCOC(=O)COc1ccc(F)c(CCCn2c(-c3ccccc3)c(-c3ccccc3)oc2=O)c1. The van der Waals surface area contributed by atoms with Crippen molar-refractivity contribution in [2.45, 2.75) is 26.3 Å². The first-order valence-corrected chi connectivity index (χ1v) is 11.5. The van der Waals surface area contributed by atoms with Crippen LogP contribution in [-0.4, -0.2) is 23.8 Å². The molecule has 6 nitrogen and oxygen atoms in total. The smallest absolute Gasteiger partial charge is 0.419 e. The molecule has 180 valence electrons. The number of nitrogens with zero attached hydrogens (tertiary/aromatic N) is 1. The van der Waals surface area contributed by atoms with Crippen LogP contribution in [0.3, 0.4) is 0 Å². The lowest BCUT2D eigenvalue weighted by Gasteiger charge is -2.10. The molecule has 0 saturated carbocycles. The van der Waals surface area contributed by atoms with Gasteiger partial charge in [-0.1, -0.05) is 60.7 Å². The summed E-state index contributed by atoms with van der Waals surface area (Å²) >= 11 is 0. The first-order valence-electron chi connectivity index (χ1n) is 11.5.